The molecule has 0 aliphatic heterocycles. The van der Waals surface area contributed by atoms with Crippen LogP contribution in [0.2, 0.25) is 0 Å². The zero-order valence-corrected chi connectivity index (χ0v) is 23.6. The molecule has 206 valence electrons. The van der Waals surface area contributed by atoms with Gasteiger partial charge in [-0.2, -0.15) is 10.2 Å². The molecule has 4 aromatic rings. The summed E-state index contributed by atoms with van der Waals surface area (Å²) >= 11 is 1.49. The van der Waals surface area contributed by atoms with Crippen LogP contribution in [0.15, 0.2) is 59.1 Å². The molecule has 1 atom stereocenters. The van der Waals surface area contributed by atoms with Gasteiger partial charge in [-0.1, -0.05) is 48.6 Å². The maximum absolute atomic E-state index is 13.9. The van der Waals surface area contributed by atoms with Crippen LogP contribution >= 0.6 is 11.9 Å². The molecule has 3 heterocycles. The third kappa shape index (κ3) is 6.01. The molecule has 40 heavy (non-hydrogen) atoms. The van der Waals surface area contributed by atoms with Crippen LogP contribution in [0.5, 0.6) is 0 Å². The Kier molecular flexibility index (Phi) is 8.88. The van der Waals surface area contributed by atoms with Gasteiger partial charge in [-0.15, -0.1) is 0 Å². The Bertz CT molecular complexity index is 1720. The van der Waals surface area contributed by atoms with Crippen molar-refractivity contribution in [3.63, 3.8) is 0 Å². The van der Waals surface area contributed by atoms with Crippen molar-refractivity contribution in [1.29, 1.82) is 0 Å². The molecule has 0 saturated heterocycles. The summed E-state index contributed by atoms with van der Waals surface area (Å²) in [5.41, 5.74) is 8.05. The minimum Gasteiger partial charge on any atom is -0.381 e. The number of allylic oxidation sites excluding steroid dienone is 1. The largest absolute Gasteiger partial charge is 0.381 e. The monoisotopic (exact) mass is 557 g/mol. The normalized spacial score (nSPS) is 11.9. The van der Waals surface area contributed by atoms with Crippen LogP contribution in [0, 0.1) is 11.8 Å². The van der Waals surface area contributed by atoms with Crippen LogP contribution in [0.3, 0.4) is 0 Å². The molecule has 1 unspecified atom stereocenters. The molecule has 11 nitrogen and oxygen atoms in total. The lowest BCUT2D eigenvalue weighted by atomic mass is 10.0. The Morgan fingerprint density at radius 3 is 2.83 bits per heavy atom. The Balaban J connectivity index is 1.77. The van der Waals surface area contributed by atoms with Crippen LogP contribution < -0.4 is 21.3 Å². The smallest absolute Gasteiger partial charge is 0.259 e. The number of benzene rings is 1. The second-order valence-corrected chi connectivity index (χ2v) is 10.0. The topological polar surface area (TPSA) is 137 Å². The Morgan fingerprint density at radius 2 is 2.12 bits per heavy atom. The van der Waals surface area contributed by atoms with Gasteiger partial charge in [0.15, 0.2) is 11.6 Å². The molecular formula is C28H31N9O2S. The molecule has 0 aliphatic carbocycles. The van der Waals surface area contributed by atoms with E-state index >= 15 is 0 Å². The van der Waals surface area contributed by atoms with Gasteiger partial charge in [0.1, 0.15) is 5.56 Å². The minimum atomic E-state index is -0.537. The van der Waals surface area contributed by atoms with E-state index in [-0.39, 0.29) is 16.9 Å². The van der Waals surface area contributed by atoms with Crippen LogP contribution in [-0.4, -0.2) is 49.1 Å². The lowest BCUT2D eigenvalue weighted by molar-refractivity contribution is 0.0940. The van der Waals surface area contributed by atoms with Crippen molar-refractivity contribution in [3.05, 3.63) is 82.1 Å². The van der Waals surface area contributed by atoms with E-state index in [1.54, 1.807) is 22.5 Å². The van der Waals surface area contributed by atoms with Gasteiger partial charge in [0.05, 0.1) is 23.2 Å². The van der Waals surface area contributed by atoms with Crippen molar-refractivity contribution in [2.45, 2.75) is 19.5 Å². The van der Waals surface area contributed by atoms with Crippen LogP contribution in [0.4, 0.5) is 11.6 Å². The fraction of sp³-hybridized carbons (Fsp3) is 0.250. The molecular weight excluding hydrogens is 526 g/mol. The molecule has 4 rings (SSSR count). The molecule has 4 N–H and O–H groups in total. The molecule has 1 aromatic carbocycles. The number of carbonyl (C=O) groups is 1. The summed E-state index contributed by atoms with van der Waals surface area (Å²) in [7, 11) is 5.31. The van der Waals surface area contributed by atoms with Crippen molar-refractivity contribution < 1.29 is 4.79 Å². The first-order valence-electron chi connectivity index (χ1n) is 12.5. The summed E-state index contributed by atoms with van der Waals surface area (Å²) in [6.07, 6.45) is 6.46. The number of hydrogen-bond acceptors (Lipinski definition) is 8. The quantitative estimate of drug-likeness (QED) is 0.125. The second-order valence-electron chi connectivity index (χ2n) is 8.92. The van der Waals surface area contributed by atoms with E-state index in [2.05, 4.69) is 43.6 Å². The lowest BCUT2D eigenvalue weighted by Crippen LogP contribution is -2.33. The maximum Gasteiger partial charge on any atom is 0.259 e. The molecule has 12 heteroatoms. The Morgan fingerprint density at radius 1 is 1.32 bits per heavy atom. The number of amides is 1. The highest BCUT2D eigenvalue weighted by atomic mass is 32.2. The van der Waals surface area contributed by atoms with E-state index < -0.39 is 11.9 Å². The summed E-state index contributed by atoms with van der Waals surface area (Å²) < 4.78 is 7.84. The van der Waals surface area contributed by atoms with E-state index in [0.717, 1.165) is 10.9 Å². The Hall–Kier alpha value is -4.60. The number of hydrogen-bond donors (Lipinski definition) is 3. The van der Waals surface area contributed by atoms with Crippen molar-refractivity contribution in [2.24, 2.45) is 19.1 Å². The van der Waals surface area contributed by atoms with Gasteiger partial charge in [-0.05, 0) is 31.5 Å². The van der Waals surface area contributed by atoms with Crippen molar-refractivity contribution in [3.8, 4) is 11.8 Å². The summed E-state index contributed by atoms with van der Waals surface area (Å²) in [5.74, 6) is 6.78. The van der Waals surface area contributed by atoms with Gasteiger partial charge in [0.2, 0.25) is 0 Å². The number of rotatable bonds is 9. The van der Waals surface area contributed by atoms with Crippen LogP contribution in [0.1, 0.15) is 40.1 Å². The first-order chi connectivity index (χ1) is 19.2. The van der Waals surface area contributed by atoms with E-state index in [4.69, 9.17) is 5.73 Å². The van der Waals surface area contributed by atoms with E-state index in [0.29, 0.717) is 34.8 Å². The fourth-order valence-electron chi connectivity index (χ4n) is 4.34. The van der Waals surface area contributed by atoms with Crippen molar-refractivity contribution >= 4 is 46.5 Å². The standard InChI is InChI=1S/C28H31N9O2S/c1-6-12-31-26-24(25(29)34-36(26)5)27(38)33-18(2)22-15-21-9-7-8-20(11-10-19-16-32-35(4)17-19)23(21)28(39)37(22)13-14-40-30-3/h6-9,12,15-18,30H,1,13-14H2,2-5H3,(H2,29,34)(H,33,38)/b31-12-. The predicted octanol–water partition coefficient (Wildman–Crippen LogP) is 2.70. The van der Waals surface area contributed by atoms with Crippen LogP contribution in [-0.2, 0) is 20.6 Å². The highest BCUT2D eigenvalue weighted by Crippen LogP contribution is 2.26. The number of fused-ring (bicyclic) bond motifs is 1. The summed E-state index contributed by atoms with van der Waals surface area (Å²) in [6, 6.07) is 6.96. The second kappa shape index (κ2) is 12.5. The van der Waals surface area contributed by atoms with Crippen LogP contribution in [0.25, 0.3) is 10.8 Å². The molecule has 0 fully saturated rings. The number of anilines is 1. The van der Waals surface area contributed by atoms with Gasteiger partial charge in [0, 0.05) is 50.1 Å². The lowest BCUT2D eigenvalue weighted by Gasteiger charge is -2.21. The van der Waals surface area contributed by atoms with Gasteiger partial charge >= 0.3 is 0 Å². The number of nitrogen functional groups attached to an aromatic ring is 1. The number of nitrogens with two attached hydrogens (primary N) is 1. The molecule has 0 aliphatic rings. The third-order valence-electron chi connectivity index (χ3n) is 6.14. The molecule has 0 bridgehead atoms. The van der Waals surface area contributed by atoms with Crippen molar-refractivity contribution in [2.75, 3.05) is 18.5 Å². The average Bonchev–Trinajstić information content (AvgIpc) is 3.47. The van der Waals surface area contributed by atoms with Gasteiger partial charge in [-0.25, -0.2) is 9.67 Å². The number of aliphatic imine (C=N–C) groups is 1. The highest BCUT2D eigenvalue weighted by molar-refractivity contribution is 7.97. The first-order valence-corrected chi connectivity index (χ1v) is 13.5. The molecule has 1 amide bonds. The number of aromatic nitrogens is 5. The SMILES string of the molecule is C=C/C=N\c1c(C(=O)NC(C)c2cc3cccc(C#Cc4cnn(C)c4)c3c(=O)n2CCSNC)c(N)nn1C. The summed E-state index contributed by atoms with van der Waals surface area (Å²) in [6.45, 7) is 5.87. The molecule has 0 saturated carbocycles. The molecule has 3 aromatic heterocycles. The summed E-state index contributed by atoms with van der Waals surface area (Å²) in [5, 5.41) is 12.5. The molecule has 0 spiro atoms. The minimum absolute atomic E-state index is 0.0570. The zero-order valence-electron chi connectivity index (χ0n) is 22.8. The maximum atomic E-state index is 13.9. The Labute approximate surface area is 236 Å². The highest BCUT2D eigenvalue weighted by Gasteiger charge is 2.24. The van der Waals surface area contributed by atoms with Crippen molar-refractivity contribution in [1.82, 2.24) is 34.2 Å². The number of carbonyl (C=O) groups excluding carboxylic acids is 1. The number of nitrogens with one attached hydrogen (secondary N) is 2. The van der Waals surface area contributed by atoms with E-state index in [1.807, 2.05) is 51.5 Å². The first kappa shape index (κ1) is 28.4. The average molecular weight is 558 g/mol. The number of pyridine rings is 1. The van der Waals surface area contributed by atoms with Gasteiger partial charge in [0.25, 0.3) is 11.5 Å². The van der Waals surface area contributed by atoms with Gasteiger partial charge in [-0.3, -0.25) is 19.0 Å². The van der Waals surface area contributed by atoms with E-state index in [9.17, 15) is 9.59 Å². The fourth-order valence-corrected chi connectivity index (χ4v) is 4.82. The van der Waals surface area contributed by atoms with Gasteiger partial charge < -0.3 is 15.6 Å². The third-order valence-corrected chi connectivity index (χ3v) is 6.82. The predicted molar refractivity (Wildman–Crippen MR) is 161 cm³/mol. The number of nitrogens with zero attached hydrogens (tertiary/aromatic N) is 6. The summed E-state index contributed by atoms with van der Waals surface area (Å²) in [4.78, 5) is 31.6. The zero-order chi connectivity index (χ0) is 28.8. The molecule has 0 radical (unpaired) electrons. The number of aryl methyl sites for hydroxylation is 2. The van der Waals surface area contributed by atoms with E-state index in [1.165, 1.54) is 28.9 Å².